The van der Waals surface area contributed by atoms with Gasteiger partial charge >= 0.3 is 0 Å². The van der Waals surface area contributed by atoms with E-state index in [0.29, 0.717) is 0 Å². The highest BCUT2D eigenvalue weighted by atomic mass is 16.5. The molecule has 0 amide bonds. The fourth-order valence-electron chi connectivity index (χ4n) is 5.39. The van der Waals surface area contributed by atoms with Crippen molar-refractivity contribution >= 4 is 43.4 Å². The summed E-state index contributed by atoms with van der Waals surface area (Å²) in [7, 11) is 1.70. The highest BCUT2D eigenvalue weighted by molar-refractivity contribution is 6.22. The van der Waals surface area contributed by atoms with Crippen LogP contribution < -0.4 is 4.74 Å². The van der Waals surface area contributed by atoms with E-state index in [1.54, 1.807) is 7.11 Å². The molecular weight excluding hydrogens is 440 g/mol. The van der Waals surface area contributed by atoms with E-state index >= 15 is 0 Å². The number of hydrogen-bond donors (Lipinski definition) is 0. The molecule has 0 aliphatic heterocycles. The zero-order valence-electron chi connectivity index (χ0n) is 19.8. The van der Waals surface area contributed by atoms with Gasteiger partial charge in [-0.3, -0.25) is 9.97 Å². The number of methoxy groups -OCH3 is 1. The molecule has 36 heavy (non-hydrogen) atoms. The minimum absolute atomic E-state index is 0.854. The van der Waals surface area contributed by atoms with E-state index in [-0.39, 0.29) is 0 Å². The van der Waals surface area contributed by atoms with Crippen LogP contribution in [0.15, 0.2) is 116 Å². The van der Waals surface area contributed by atoms with Gasteiger partial charge in [0.05, 0.1) is 18.1 Å². The van der Waals surface area contributed by atoms with Crippen LogP contribution in [0.25, 0.3) is 65.6 Å². The Labute approximate surface area is 208 Å². The van der Waals surface area contributed by atoms with Gasteiger partial charge in [0.1, 0.15) is 5.75 Å². The van der Waals surface area contributed by atoms with Crippen molar-refractivity contribution in [3.63, 3.8) is 0 Å². The molecule has 5 aromatic carbocycles. The normalized spacial score (nSPS) is 11.5. The lowest BCUT2D eigenvalue weighted by molar-refractivity contribution is 0.415. The number of ether oxygens (including phenoxy) is 1. The van der Waals surface area contributed by atoms with Crippen LogP contribution in [0.1, 0.15) is 0 Å². The van der Waals surface area contributed by atoms with E-state index in [1.165, 1.54) is 38.2 Å². The summed E-state index contributed by atoms with van der Waals surface area (Å²) in [4.78, 5) is 9.55. The molecule has 3 nitrogen and oxygen atoms in total. The third-order valence-corrected chi connectivity index (χ3v) is 7.03. The smallest absolute Gasteiger partial charge is 0.118 e. The first-order valence-electron chi connectivity index (χ1n) is 12.0. The molecule has 0 bridgehead atoms. The second-order valence-electron chi connectivity index (χ2n) is 9.00. The molecule has 0 saturated heterocycles. The van der Waals surface area contributed by atoms with Gasteiger partial charge in [-0.1, -0.05) is 72.8 Å². The molecule has 0 spiro atoms. The van der Waals surface area contributed by atoms with Crippen molar-refractivity contribution in [3.8, 4) is 28.0 Å². The fraction of sp³-hybridized carbons (Fsp3) is 0.0303. The van der Waals surface area contributed by atoms with Gasteiger partial charge in [-0.2, -0.15) is 0 Å². The standard InChI is InChI=1S/C33H22N2O/c1-36-24-15-12-21(13-16-24)31-25-8-2-4-10-27(25)32(28-11-5-3-9-26(28)31)23-19-29-30(35-20-23)17-14-22-7-6-18-34-33(22)29/h2-20H,1H3. The van der Waals surface area contributed by atoms with Crippen LogP contribution in [0.5, 0.6) is 5.75 Å². The van der Waals surface area contributed by atoms with Crippen LogP contribution >= 0.6 is 0 Å². The maximum Gasteiger partial charge on any atom is 0.118 e. The van der Waals surface area contributed by atoms with Crippen molar-refractivity contribution in [3.05, 3.63) is 116 Å². The molecule has 0 aliphatic carbocycles. The van der Waals surface area contributed by atoms with E-state index in [4.69, 9.17) is 9.72 Å². The maximum absolute atomic E-state index is 5.41. The summed E-state index contributed by atoms with van der Waals surface area (Å²) in [5, 5.41) is 7.03. The quantitative estimate of drug-likeness (QED) is 0.195. The average Bonchev–Trinajstić information content (AvgIpc) is 2.95. The second kappa shape index (κ2) is 8.17. The number of aromatic nitrogens is 2. The van der Waals surface area contributed by atoms with Gasteiger partial charge < -0.3 is 4.74 Å². The number of nitrogens with zero attached hydrogens (tertiary/aromatic N) is 2. The van der Waals surface area contributed by atoms with Gasteiger partial charge in [0, 0.05) is 28.7 Å². The molecule has 3 heteroatoms. The first kappa shape index (κ1) is 20.6. The molecule has 7 rings (SSSR count). The summed E-state index contributed by atoms with van der Waals surface area (Å²) in [5.41, 5.74) is 6.62. The van der Waals surface area contributed by atoms with Gasteiger partial charge in [-0.15, -0.1) is 0 Å². The van der Waals surface area contributed by atoms with Crippen molar-refractivity contribution in [1.82, 2.24) is 9.97 Å². The molecule has 0 fully saturated rings. The first-order valence-corrected chi connectivity index (χ1v) is 12.0. The summed E-state index contributed by atoms with van der Waals surface area (Å²) in [6.45, 7) is 0. The number of fused-ring (bicyclic) bond motifs is 5. The first-order chi connectivity index (χ1) is 17.8. The van der Waals surface area contributed by atoms with Crippen molar-refractivity contribution in [2.75, 3.05) is 7.11 Å². The van der Waals surface area contributed by atoms with Crippen LogP contribution in [-0.4, -0.2) is 17.1 Å². The number of pyridine rings is 2. The monoisotopic (exact) mass is 462 g/mol. The van der Waals surface area contributed by atoms with Gasteiger partial charge in [-0.05, 0) is 68.6 Å². The Bertz CT molecular complexity index is 1870. The molecule has 0 saturated carbocycles. The lowest BCUT2D eigenvalue weighted by Gasteiger charge is -2.18. The molecule has 0 radical (unpaired) electrons. The van der Waals surface area contributed by atoms with E-state index in [2.05, 4.69) is 89.9 Å². The highest BCUT2D eigenvalue weighted by Gasteiger charge is 2.17. The summed E-state index contributed by atoms with van der Waals surface area (Å²) in [6.07, 6.45) is 3.85. The van der Waals surface area contributed by atoms with Crippen LogP contribution in [-0.2, 0) is 0 Å². The minimum Gasteiger partial charge on any atom is -0.497 e. The molecule has 2 heterocycles. The summed E-state index contributed by atoms with van der Waals surface area (Å²) >= 11 is 0. The van der Waals surface area contributed by atoms with Crippen molar-refractivity contribution < 1.29 is 4.74 Å². The Hall–Kier alpha value is -4.76. The molecule has 0 atom stereocenters. The maximum atomic E-state index is 5.41. The number of benzene rings is 5. The molecule has 0 unspecified atom stereocenters. The van der Waals surface area contributed by atoms with E-state index in [9.17, 15) is 0 Å². The minimum atomic E-state index is 0.854. The predicted molar refractivity (Wildman–Crippen MR) is 149 cm³/mol. The summed E-state index contributed by atoms with van der Waals surface area (Å²) < 4.78 is 5.41. The van der Waals surface area contributed by atoms with Crippen LogP contribution in [0, 0.1) is 0 Å². The van der Waals surface area contributed by atoms with E-state index < -0.39 is 0 Å². The molecule has 2 aromatic heterocycles. The molecule has 0 N–H and O–H groups in total. The Morgan fingerprint density at radius 2 is 1.19 bits per heavy atom. The van der Waals surface area contributed by atoms with Gasteiger partial charge in [0.2, 0.25) is 0 Å². The summed E-state index contributed by atoms with van der Waals surface area (Å²) in [5.74, 6) is 0.854. The van der Waals surface area contributed by atoms with Crippen molar-refractivity contribution in [2.24, 2.45) is 0 Å². The van der Waals surface area contributed by atoms with Gasteiger partial charge in [0.15, 0.2) is 0 Å². The average molecular weight is 463 g/mol. The Balaban J connectivity index is 1.59. The van der Waals surface area contributed by atoms with Crippen molar-refractivity contribution in [2.45, 2.75) is 0 Å². The van der Waals surface area contributed by atoms with Crippen molar-refractivity contribution in [1.29, 1.82) is 0 Å². The Kier molecular flexibility index (Phi) is 4.68. The summed E-state index contributed by atoms with van der Waals surface area (Å²) in [6, 6.07) is 36.2. The van der Waals surface area contributed by atoms with E-state index in [0.717, 1.165) is 33.1 Å². The van der Waals surface area contributed by atoms with Gasteiger partial charge in [0.25, 0.3) is 0 Å². The highest BCUT2D eigenvalue weighted by Crippen LogP contribution is 2.44. The lowest BCUT2D eigenvalue weighted by Crippen LogP contribution is -1.92. The molecule has 0 aliphatic rings. The zero-order valence-corrected chi connectivity index (χ0v) is 19.8. The molecular formula is C33H22N2O. The lowest BCUT2D eigenvalue weighted by atomic mass is 9.86. The topological polar surface area (TPSA) is 35.0 Å². The third-order valence-electron chi connectivity index (χ3n) is 7.03. The van der Waals surface area contributed by atoms with Crippen LogP contribution in [0.4, 0.5) is 0 Å². The fourth-order valence-corrected chi connectivity index (χ4v) is 5.39. The second-order valence-corrected chi connectivity index (χ2v) is 9.00. The van der Waals surface area contributed by atoms with Crippen LogP contribution in [0.2, 0.25) is 0 Å². The Morgan fingerprint density at radius 1 is 0.556 bits per heavy atom. The number of rotatable bonds is 3. The molecule has 170 valence electrons. The number of hydrogen-bond acceptors (Lipinski definition) is 3. The Morgan fingerprint density at radius 3 is 1.83 bits per heavy atom. The predicted octanol–water partition coefficient (Wildman–Crippen LogP) is 8.43. The third kappa shape index (κ3) is 3.14. The van der Waals surface area contributed by atoms with Gasteiger partial charge in [-0.25, -0.2) is 0 Å². The molecule has 7 aromatic rings. The SMILES string of the molecule is COc1ccc(-c2c3ccccc3c(-c3cnc4ccc5cccnc5c4c3)c3ccccc23)cc1. The largest absolute Gasteiger partial charge is 0.497 e. The van der Waals surface area contributed by atoms with E-state index in [1.807, 2.05) is 30.6 Å². The van der Waals surface area contributed by atoms with Crippen LogP contribution in [0.3, 0.4) is 0 Å². The zero-order chi connectivity index (χ0) is 24.1.